The van der Waals surface area contributed by atoms with Crippen molar-refractivity contribution in [3.63, 3.8) is 0 Å². The lowest BCUT2D eigenvalue weighted by molar-refractivity contribution is 0.269. The number of nitrogens with zero attached hydrogens (tertiary/aromatic N) is 2. The monoisotopic (exact) mass is 480 g/mol. The number of rotatable bonds is 9. The van der Waals surface area contributed by atoms with Crippen LogP contribution in [0.2, 0.25) is 5.02 Å². The SMILES string of the molecule is CCOc1cc(CNn2c(-c3ccccc3)n[nH]c2=S)cc(Cl)c1OCc1ccc(C)cc1. The Morgan fingerprint density at radius 3 is 2.52 bits per heavy atom. The molecular weight excluding hydrogens is 456 g/mol. The van der Waals surface area contributed by atoms with Crippen LogP contribution >= 0.6 is 23.8 Å². The molecule has 0 spiro atoms. The van der Waals surface area contributed by atoms with Crippen LogP contribution in [0.5, 0.6) is 11.5 Å². The van der Waals surface area contributed by atoms with Crippen LogP contribution in [0.25, 0.3) is 11.4 Å². The van der Waals surface area contributed by atoms with Crippen molar-refractivity contribution in [3.8, 4) is 22.9 Å². The molecule has 0 bridgehead atoms. The average Bonchev–Trinajstić information content (AvgIpc) is 3.19. The van der Waals surface area contributed by atoms with Gasteiger partial charge in [-0.2, -0.15) is 5.10 Å². The molecule has 0 saturated carbocycles. The number of aromatic amines is 1. The molecule has 0 amide bonds. The van der Waals surface area contributed by atoms with Crippen LogP contribution in [0.15, 0.2) is 66.7 Å². The second-order valence-corrected chi connectivity index (χ2v) is 8.29. The molecule has 0 aliphatic rings. The summed E-state index contributed by atoms with van der Waals surface area (Å²) in [5.74, 6) is 1.84. The average molecular weight is 481 g/mol. The van der Waals surface area contributed by atoms with Crippen molar-refractivity contribution >= 4 is 23.8 Å². The fourth-order valence-corrected chi connectivity index (χ4v) is 3.85. The van der Waals surface area contributed by atoms with Crippen molar-refractivity contribution in [1.29, 1.82) is 0 Å². The Bertz CT molecular complexity index is 1270. The largest absolute Gasteiger partial charge is 0.490 e. The summed E-state index contributed by atoms with van der Waals surface area (Å²) in [6.07, 6.45) is 0. The molecule has 6 nitrogen and oxygen atoms in total. The molecule has 170 valence electrons. The molecular formula is C25H25ClN4O2S. The van der Waals surface area contributed by atoms with Crippen LogP contribution in [-0.2, 0) is 13.2 Å². The van der Waals surface area contributed by atoms with Crippen molar-refractivity contribution in [3.05, 3.63) is 93.2 Å². The highest BCUT2D eigenvalue weighted by Gasteiger charge is 2.14. The van der Waals surface area contributed by atoms with Gasteiger partial charge < -0.3 is 14.9 Å². The van der Waals surface area contributed by atoms with Gasteiger partial charge in [0.2, 0.25) is 4.77 Å². The van der Waals surface area contributed by atoms with Gasteiger partial charge in [-0.3, -0.25) is 0 Å². The second kappa shape index (κ2) is 10.6. The summed E-state index contributed by atoms with van der Waals surface area (Å²) in [7, 11) is 0. The van der Waals surface area contributed by atoms with E-state index in [1.807, 2.05) is 61.5 Å². The molecule has 2 N–H and O–H groups in total. The van der Waals surface area contributed by atoms with Gasteiger partial charge in [0.25, 0.3) is 0 Å². The number of H-pyrrole nitrogens is 1. The molecule has 1 heterocycles. The number of nitrogens with one attached hydrogen (secondary N) is 2. The smallest absolute Gasteiger partial charge is 0.214 e. The van der Waals surface area contributed by atoms with Gasteiger partial charge in [-0.25, -0.2) is 9.77 Å². The maximum absolute atomic E-state index is 6.60. The zero-order valence-corrected chi connectivity index (χ0v) is 20.0. The Morgan fingerprint density at radius 2 is 1.79 bits per heavy atom. The van der Waals surface area contributed by atoms with Gasteiger partial charge in [-0.05, 0) is 49.3 Å². The first-order valence-corrected chi connectivity index (χ1v) is 11.4. The third-order valence-electron chi connectivity index (χ3n) is 5.02. The summed E-state index contributed by atoms with van der Waals surface area (Å²) in [6, 6.07) is 21.8. The topological polar surface area (TPSA) is 64.1 Å². The summed E-state index contributed by atoms with van der Waals surface area (Å²) in [5.41, 5.74) is 7.46. The molecule has 0 atom stereocenters. The van der Waals surface area contributed by atoms with Crippen LogP contribution in [-0.4, -0.2) is 21.5 Å². The molecule has 0 aliphatic heterocycles. The summed E-state index contributed by atoms with van der Waals surface area (Å²) in [4.78, 5) is 0. The van der Waals surface area contributed by atoms with E-state index in [0.717, 1.165) is 16.7 Å². The van der Waals surface area contributed by atoms with Gasteiger partial charge in [0.15, 0.2) is 17.3 Å². The van der Waals surface area contributed by atoms with Gasteiger partial charge in [-0.15, -0.1) is 0 Å². The molecule has 4 aromatic rings. The van der Waals surface area contributed by atoms with Crippen molar-refractivity contribution < 1.29 is 9.47 Å². The van der Waals surface area contributed by atoms with E-state index in [-0.39, 0.29) is 0 Å². The first-order valence-electron chi connectivity index (χ1n) is 10.7. The van der Waals surface area contributed by atoms with Crippen molar-refractivity contribution in [2.75, 3.05) is 12.0 Å². The minimum absolute atomic E-state index is 0.405. The summed E-state index contributed by atoms with van der Waals surface area (Å²) in [5, 5.41) is 7.68. The molecule has 0 radical (unpaired) electrons. The van der Waals surface area contributed by atoms with Crippen molar-refractivity contribution in [2.45, 2.75) is 27.0 Å². The molecule has 0 saturated heterocycles. The van der Waals surface area contributed by atoms with E-state index in [1.165, 1.54) is 5.56 Å². The fraction of sp³-hybridized carbons (Fsp3) is 0.200. The van der Waals surface area contributed by atoms with Crippen LogP contribution < -0.4 is 14.9 Å². The summed E-state index contributed by atoms with van der Waals surface area (Å²) in [6.45, 7) is 5.35. The van der Waals surface area contributed by atoms with Gasteiger partial charge in [0.05, 0.1) is 18.2 Å². The summed E-state index contributed by atoms with van der Waals surface area (Å²) < 4.78 is 14.1. The predicted octanol–water partition coefficient (Wildman–Crippen LogP) is 6.29. The number of aromatic nitrogens is 3. The third-order valence-corrected chi connectivity index (χ3v) is 5.57. The Kier molecular flexibility index (Phi) is 7.32. The molecule has 0 fully saturated rings. The van der Waals surface area contributed by atoms with E-state index in [4.69, 9.17) is 33.3 Å². The number of benzene rings is 3. The minimum atomic E-state index is 0.405. The first kappa shape index (κ1) is 22.9. The van der Waals surface area contributed by atoms with Crippen LogP contribution in [0, 0.1) is 11.7 Å². The van der Waals surface area contributed by atoms with Crippen LogP contribution in [0.3, 0.4) is 0 Å². The highest BCUT2D eigenvalue weighted by Crippen LogP contribution is 2.37. The Hall–Kier alpha value is -3.29. The lowest BCUT2D eigenvalue weighted by atomic mass is 10.1. The molecule has 3 aromatic carbocycles. The maximum atomic E-state index is 6.60. The quantitative estimate of drug-likeness (QED) is 0.275. The molecule has 0 unspecified atom stereocenters. The number of ether oxygens (including phenoxy) is 2. The van der Waals surface area contributed by atoms with Crippen molar-refractivity contribution in [1.82, 2.24) is 14.9 Å². The zero-order chi connectivity index (χ0) is 23.2. The molecule has 8 heteroatoms. The summed E-state index contributed by atoms with van der Waals surface area (Å²) >= 11 is 12.0. The normalized spacial score (nSPS) is 10.8. The Balaban J connectivity index is 1.53. The standard InChI is InChI=1S/C25H25ClN4O2S/c1-3-31-22-14-19(13-21(26)23(22)32-16-18-11-9-17(2)10-12-18)15-27-30-24(28-29-25(30)33)20-7-5-4-6-8-20/h4-14,27H,3,15-16H2,1-2H3,(H,29,33). The van der Waals surface area contributed by atoms with E-state index < -0.39 is 0 Å². The molecule has 33 heavy (non-hydrogen) atoms. The van der Waals surface area contributed by atoms with Crippen LogP contribution in [0.1, 0.15) is 23.6 Å². The maximum Gasteiger partial charge on any atom is 0.214 e. The van der Waals surface area contributed by atoms with E-state index in [0.29, 0.717) is 46.9 Å². The molecule has 1 aromatic heterocycles. The Labute approximate surface area is 203 Å². The zero-order valence-electron chi connectivity index (χ0n) is 18.5. The number of hydrogen-bond acceptors (Lipinski definition) is 5. The van der Waals surface area contributed by atoms with E-state index in [1.54, 1.807) is 4.68 Å². The van der Waals surface area contributed by atoms with Gasteiger partial charge in [-0.1, -0.05) is 71.8 Å². The van der Waals surface area contributed by atoms with Crippen LogP contribution in [0.4, 0.5) is 0 Å². The third kappa shape index (κ3) is 5.56. The predicted molar refractivity (Wildman–Crippen MR) is 134 cm³/mol. The van der Waals surface area contributed by atoms with Crippen molar-refractivity contribution in [2.24, 2.45) is 0 Å². The lowest BCUT2D eigenvalue weighted by Gasteiger charge is -2.16. The fourth-order valence-electron chi connectivity index (χ4n) is 3.36. The van der Waals surface area contributed by atoms with E-state index in [2.05, 4.69) is 34.7 Å². The minimum Gasteiger partial charge on any atom is -0.490 e. The number of halogens is 1. The second-order valence-electron chi connectivity index (χ2n) is 7.50. The van der Waals surface area contributed by atoms with Gasteiger partial charge in [0, 0.05) is 5.56 Å². The number of hydrogen-bond donors (Lipinski definition) is 2. The van der Waals surface area contributed by atoms with E-state index in [9.17, 15) is 0 Å². The van der Waals surface area contributed by atoms with E-state index >= 15 is 0 Å². The Morgan fingerprint density at radius 1 is 1.03 bits per heavy atom. The molecule has 0 aliphatic carbocycles. The molecule has 4 rings (SSSR count). The lowest BCUT2D eigenvalue weighted by Crippen LogP contribution is -2.16. The highest BCUT2D eigenvalue weighted by atomic mass is 35.5. The van der Waals surface area contributed by atoms with Gasteiger partial charge in [0.1, 0.15) is 6.61 Å². The first-order chi connectivity index (χ1) is 16.0. The highest BCUT2D eigenvalue weighted by molar-refractivity contribution is 7.71. The van der Waals surface area contributed by atoms with Gasteiger partial charge >= 0.3 is 0 Å². The number of aryl methyl sites for hydroxylation is 1.